The molecule has 0 amide bonds. The quantitative estimate of drug-likeness (QED) is 0.678. The minimum Gasteiger partial charge on any atom is -0.314 e. The average molecular weight is 195 g/mol. The predicted molar refractivity (Wildman–Crippen MR) is 63.4 cm³/mol. The van der Waals surface area contributed by atoms with Crippen LogP contribution in [0.15, 0.2) is 12.2 Å². The lowest BCUT2D eigenvalue weighted by Crippen LogP contribution is -2.61. The zero-order valence-corrected chi connectivity index (χ0v) is 10.4. The number of nitrogens with one attached hydrogen (secondary N) is 1. The molecule has 1 nitrogen and oxygen atoms in total. The first-order valence-corrected chi connectivity index (χ1v) is 5.79. The smallest absolute Gasteiger partial charge is 0.0204 e. The third kappa shape index (κ3) is 1.88. The van der Waals surface area contributed by atoms with Crippen molar-refractivity contribution < 1.29 is 0 Å². The molecular formula is C13H25N. The van der Waals surface area contributed by atoms with Crippen LogP contribution in [0.4, 0.5) is 0 Å². The summed E-state index contributed by atoms with van der Waals surface area (Å²) in [5.41, 5.74) is 0.851. The molecule has 3 atom stereocenters. The van der Waals surface area contributed by atoms with Crippen LogP contribution >= 0.6 is 0 Å². The van der Waals surface area contributed by atoms with Crippen molar-refractivity contribution in [3.63, 3.8) is 0 Å². The fraction of sp³-hybridized carbons (Fsp3) is 0.846. The van der Waals surface area contributed by atoms with Crippen LogP contribution in [-0.2, 0) is 0 Å². The lowest BCUT2D eigenvalue weighted by atomic mass is 9.53. The number of allylic oxidation sites excluding steroid dienone is 2. The highest BCUT2D eigenvalue weighted by molar-refractivity contribution is 5.09. The van der Waals surface area contributed by atoms with E-state index in [9.17, 15) is 0 Å². The van der Waals surface area contributed by atoms with Crippen molar-refractivity contribution in [1.82, 2.24) is 5.32 Å². The summed E-state index contributed by atoms with van der Waals surface area (Å²) >= 11 is 0. The fourth-order valence-corrected chi connectivity index (χ4v) is 2.79. The summed E-state index contributed by atoms with van der Waals surface area (Å²) in [7, 11) is 2.09. The Labute approximate surface area is 89.0 Å². The maximum atomic E-state index is 3.49. The van der Waals surface area contributed by atoms with Crippen molar-refractivity contribution in [2.75, 3.05) is 7.05 Å². The van der Waals surface area contributed by atoms with Gasteiger partial charge in [0, 0.05) is 5.54 Å². The van der Waals surface area contributed by atoms with E-state index in [0.717, 1.165) is 0 Å². The van der Waals surface area contributed by atoms with Crippen LogP contribution in [0.5, 0.6) is 0 Å². The Morgan fingerprint density at radius 2 is 2.00 bits per heavy atom. The van der Waals surface area contributed by atoms with Crippen LogP contribution in [0.25, 0.3) is 0 Å². The SMILES string of the molecule is C/C=C\C(C)C[C@@]1(C)CCC1(C)NC. The molecule has 0 aliphatic heterocycles. The standard InChI is InChI=1S/C13H25N/c1-6-7-11(2)10-12(3)8-9-13(12,4)14-5/h6-7,11,14H,8-10H2,1-5H3/b7-6-/t11?,12-,13?/m1/s1. The molecule has 1 saturated carbocycles. The molecule has 0 saturated heterocycles. The van der Waals surface area contributed by atoms with Gasteiger partial charge in [-0.15, -0.1) is 0 Å². The summed E-state index contributed by atoms with van der Waals surface area (Å²) in [5.74, 6) is 0.706. The van der Waals surface area contributed by atoms with E-state index in [4.69, 9.17) is 0 Å². The zero-order chi connectivity index (χ0) is 10.8. The van der Waals surface area contributed by atoms with Gasteiger partial charge >= 0.3 is 0 Å². The third-order valence-corrected chi connectivity index (χ3v) is 4.35. The van der Waals surface area contributed by atoms with Crippen molar-refractivity contribution in [2.45, 2.75) is 52.5 Å². The van der Waals surface area contributed by atoms with E-state index in [2.05, 4.69) is 52.2 Å². The summed E-state index contributed by atoms with van der Waals surface area (Å²) < 4.78 is 0. The summed E-state index contributed by atoms with van der Waals surface area (Å²) in [6.07, 6.45) is 8.48. The van der Waals surface area contributed by atoms with Crippen molar-refractivity contribution in [1.29, 1.82) is 0 Å². The fourth-order valence-electron chi connectivity index (χ4n) is 2.79. The number of hydrogen-bond donors (Lipinski definition) is 1. The third-order valence-electron chi connectivity index (χ3n) is 4.35. The molecule has 82 valence electrons. The second-order valence-electron chi connectivity index (χ2n) is 5.35. The maximum absolute atomic E-state index is 3.49. The molecule has 0 radical (unpaired) electrons. The van der Waals surface area contributed by atoms with Crippen LogP contribution in [0.2, 0.25) is 0 Å². The Hall–Kier alpha value is -0.300. The van der Waals surface area contributed by atoms with E-state index in [1.807, 2.05) is 0 Å². The van der Waals surface area contributed by atoms with E-state index < -0.39 is 0 Å². The molecule has 0 aromatic carbocycles. The van der Waals surface area contributed by atoms with Gasteiger partial charge in [-0.3, -0.25) is 0 Å². The first-order valence-electron chi connectivity index (χ1n) is 5.79. The van der Waals surface area contributed by atoms with Gasteiger partial charge < -0.3 is 5.32 Å². The summed E-state index contributed by atoms with van der Waals surface area (Å²) in [6.45, 7) is 9.21. The van der Waals surface area contributed by atoms with Gasteiger partial charge in [0.05, 0.1) is 0 Å². The normalized spacial score (nSPS) is 39.8. The van der Waals surface area contributed by atoms with E-state index in [1.54, 1.807) is 0 Å². The molecule has 0 aromatic heterocycles. The van der Waals surface area contributed by atoms with E-state index >= 15 is 0 Å². The zero-order valence-electron chi connectivity index (χ0n) is 10.4. The molecule has 1 heteroatoms. The molecule has 1 N–H and O–H groups in total. The second kappa shape index (κ2) is 4.06. The second-order valence-corrected chi connectivity index (χ2v) is 5.35. The van der Waals surface area contributed by atoms with Gasteiger partial charge in [0.15, 0.2) is 0 Å². The summed E-state index contributed by atoms with van der Waals surface area (Å²) in [4.78, 5) is 0. The van der Waals surface area contributed by atoms with Crippen molar-refractivity contribution >= 4 is 0 Å². The minimum atomic E-state index is 0.364. The van der Waals surface area contributed by atoms with Crippen molar-refractivity contribution in [3.8, 4) is 0 Å². The van der Waals surface area contributed by atoms with E-state index in [1.165, 1.54) is 19.3 Å². The molecule has 1 rings (SSSR count). The van der Waals surface area contributed by atoms with Crippen LogP contribution in [-0.4, -0.2) is 12.6 Å². The highest BCUT2D eigenvalue weighted by Gasteiger charge is 2.51. The molecule has 0 spiro atoms. The van der Waals surface area contributed by atoms with Gasteiger partial charge in [-0.1, -0.05) is 26.0 Å². The van der Waals surface area contributed by atoms with E-state index in [0.29, 0.717) is 16.9 Å². The van der Waals surface area contributed by atoms with Gasteiger partial charge in [-0.25, -0.2) is 0 Å². The Morgan fingerprint density at radius 3 is 2.36 bits per heavy atom. The summed E-state index contributed by atoms with van der Waals surface area (Å²) in [5, 5.41) is 3.49. The monoisotopic (exact) mass is 195 g/mol. The molecule has 1 aliphatic carbocycles. The average Bonchev–Trinajstić information content (AvgIpc) is 2.15. The van der Waals surface area contributed by atoms with Crippen LogP contribution in [0.1, 0.15) is 47.0 Å². The van der Waals surface area contributed by atoms with Gasteiger partial charge in [-0.05, 0) is 51.5 Å². The number of hydrogen-bond acceptors (Lipinski definition) is 1. The first-order chi connectivity index (χ1) is 6.47. The van der Waals surface area contributed by atoms with Gasteiger partial charge in [0.1, 0.15) is 0 Å². The number of rotatable bonds is 4. The first kappa shape index (κ1) is 11.8. The maximum Gasteiger partial charge on any atom is 0.0204 e. The molecule has 1 fully saturated rings. The van der Waals surface area contributed by atoms with E-state index in [-0.39, 0.29) is 0 Å². The topological polar surface area (TPSA) is 12.0 Å². The molecule has 0 aromatic rings. The Balaban J connectivity index is 2.59. The largest absolute Gasteiger partial charge is 0.314 e. The van der Waals surface area contributed by atoms with Crippen molar-refractivity contribution in [2.24, 2.45) is 11.3 Å². The molecule has 2 unspecified atom stereocenters. The van der Waals surface area contributed by atoms with Crippen LogP contribution in [0.3, 0.4) is 0 Å². The molecule has 1 aliphatic rings. The Bertz CT molecular complexity index is 217. The molecule has 0 heterocycles. The molecular weight excluding hydrogens is 170 g/mol. The Morgan fingerprint density at radius 1 is 1.36 bits per heavy atom. The minimum absolute atomic E-state index is 0.364. The van der Waals surface area contributed by atoms with Gasteiger partial charge in [0.25, 0.3) is 0 Å². The van der Waals surface area contributed by atoms with Crippen LogP contribution in [0, 0.1) is 11.3 Å². The highest BCUT2D eigenvalue weighted by Crippen LogP contribution is 2.53. The Kier molecular flexibility index (Phi) is 3.41. The van der Waals surface area contributed by atoms with Crippen molar-refractivity contribution in [3.05, 3.63) is 12.2 Å². The predicted octanol–water partition coefficient (Wildman–Crippen LogP) is 3.37. The summed E-state index contributed by atoms with van der Waals surface area (Å²) in [6, 6.07) is 0. The molecule has 0 bridgehead atoms. The lowest BCUT2D eigenvalue weighted by molar-refractivity contribution is -0.0117. The lowest BCUT2D eigenvalue weighted by Gasteiger charge is -2.57. The van der Waals surface area contributed by atoms with Crippen LogP contribution < -0.4 is 5.32 Å². The van der Waals surface area contributed by atoms with Gasteiger partial charge in [-0.2, -0.15) is 0 Å². The van der Waals surface area contributed by atoms with Gasteiger partial charge in [0.2, 0.25) is 0 Å². The molecule has 14 heavy (non-hydrogen) atoms. The highest BCUT2D eigenvalue weighted by atomic mass is 15.0.